The molecule has 0 saturated carbocycles. The molecule has 0 spiro atoms. The van der Waals surface area contributed by atoms with Crippen LogP contribution in [0.4, 0.5) is 5.69 Å². The maximum absolute atomic E-state index is 11.0. The van der Waals surface area contributed by atoms with Crippen molar-refractivity contribution in [1.82, 2.24) is 15.2 Å². The van der Waals surface area contributed by atoms with Crippen LogP contribution in [0.1, 0.15) is 0 Å². The Hall–Kier alpha value is -3.26. The van der Waals surface area contributed by atoms with Gasteiger partial charge in [0.1, 0.15) is 5.69 Å². The molecule has 0 atom stereocenters. The second kappa shape index (κ2) is 5.43. The summed E-state index contributed by atoms with van der Waals surface area (Å²) in [5, 5.41) is 18.5. The highest BCUT2D eigenvalue weighted by molar-refractivity contribution is 7.71. The number of fused-ring (bicyclic) bond motifs is 1. The van der Waals surface area contributed by atoms with Gasteiger partial charge in [0.15, 0.2) is 0 Å². The Morgan fingerprint density at radius 3 is 2.62 bits per heavy atom. The molecule has 0 fully saturated rings. The molecular weight excluding hydrogens is 328 g/mol. The van der Waals surface area contributed by atoms with Gasteiger partial charge >= 0.3 is 0 Å². The number of rotatable bonds is 3. The van der Waals surface area contributed by atoms with E-state index in [1.54, 1.807) is 6.07 Å². The second-order valence-electron chi connectivity index (χ2n) is 5.15. The van der Waals surface area contributed by atoms with Crippen molar-refractivity contribution in [3.8, 4) is 22.7 Å². The van der Waals surface area contributed by atoms with E-state index in [0.717, 1.165) is 16.5 Å². The number of hydrogen-bond acceptors (Lipinski definition) is 5. The average Bonchev–Trinajstić information content (AvgIpc) is 3.18. The molecule has 8 heteroatoms. The van der Waals surface area contributed by atoms with Gasteiger partial charge in [-0.2, -0.15) is 0 Å². The van der Waals surface area contributed by atoms with E-state index in [1.165, 1.54) is 12.1 Å². The van der Waals surface area contributed by atoms with Gasteiger partial charge in [-0.15, -0.1) is 5.10 Å². The SMILES string of the molecule is O=[N+]([O-])c1ccc2c(-c3ccccc3)c(-c3n[nH]c(=S)o3)[nH]c2c1. The molecule has 7 nitrogen and oxygen atoms in total. The highest BCUT2D eigenvalue weighted by atomic mass is 32.1. The lowest BCUT2D eigenvalue weighted by Crippen LogP contribution is -1.86. The first-order valence-electron chi connectivity index (χ1n) is 7.05. The van der Waals surface area contributed by atoms with Crippen LogP contribution < -0.4 is 0 Å². The summed E-state index contributed by atoms with van der Waals surface area (Å²) in [6.07, 6.45) is 0. The Bertz CT molecular complexity index is 1110. The first-order valence-corrected chi connectivity index (χ1v) is 7.46. The molecule has 0 aliphatic heterocycles. The van der Waals surface area contributed by atoms with Crippen LogP contribution in [-0.4, -0.2) is 20.1 Å². The molecule has 4 rings (SSSR count). The lowest BCUT2D eigenvalue weighted by Gasteiger charge is -2.02. The number of aromatic amines is 2. The highest BCUT2D eigenvalue weighted by Crippen LogP contribution is 2.38. The monoisotopic (exact) mass is 338 g/mol. The molecule has 0 saturated heterocycles. The van der Waals surface area contributed by atoms with E-state index in [9.17, 15) is 10.1 Å². The van der Waals surface area contributed by atoms with Crippen molar-refractivity contribution in [2.75, 3.05) is 0 Å². The van der Waals surface area contributed by atoms with E-state index in [1.807, 2.05) is 30.3 Å². The van der Waals surface area contributed by atoms with Crippen molar-refractivity contribution in [2.45, 2.75) is 0 Å². The van der Waals surface area contributed by atoms with Crippen LogP contribution in [0.5, 0.6) is 0 Å². The van der Waals surface area contributed by atoms with E-state index in [2.05, 4.69) is 15.2 Å². The van der Waals surface area contributed by atoms with Crippen molar-refractivity contribution < 1.29 is 9.34 Å². The molecular formula is C16H10N4O3S. The van der Waals surface area contributed by atoms with Crippen LogP contribution >= 0.6 is 12.2 Å². The number of nitrogens with one attached hydrogen (secondary N) is 2. The van der Waals surface area contributed by atoms with Crippen LogP contribution in [-0.2, 0) is 0 Å². The standard InChI is InChI=1S/C16H10N4O3S/c21-20(22)10-6-7-11-12(8-10)17-14(15-18-19-16(24)23-15)13(11)9-4-2-1-3-5-9/h1-8,17H,(H,19,24). The molecule has 24 heavy (non-hydrogen) atoms. The number of hydrogen-bond donors (Lipinski definition) is 2. The Kier molecular flexibility index (Phi) is 3.24. The molecule has 0 aliphatic carbocycles. The zero-order valence-electron chi connectivity index (χ0n) is 12.1. The van der Waals surface area contributed by atoms with Crippen molar-refractivity contribution in [2.24, 2.45) is 0 Å². The number of H-pyrrole nitrogens is 2. The summed E-state index contributed by atoms with van der Waals surface area (Å²) in [4.78, 5) is 13.9. The molecule has 2 aromatic heterocycles. The molecule has 2 heterocycles. The minimum Gasteiger partial charge on any atom is -0.408 e. The lowest BCUT2D eigenvalue weighted by atomic mass is 10.0. The zero-order chi connectivity index (χ0) is 16.7. The third kappa shape index (κ3) is 2.29. The van der Waals surface area contributed by atoms with Gasteiger partial charge in [-0.25, -0.2) is 5.10 Å². The molecule has 2 aromatic carbocycles. The lowest BCUT2D eigenvalue weighted by molar-refractivity contribution is -0.384. The Morgan fingerprint density at radius 1 is 1.17 bits per heavy atom. The maximum atomic E-state index is 11.0. The van der Waals surface area contributed by atoms with Gasteiger partial charge in [0.25, 0.3) is 16.4 Å². The zero-order valence-corrected chi connectivity index (χ0v) is 13.0. The molecule has 118 valence electrons. The fraction of sp³-hybridized carbons (Fsp3) is 0. The number of benzene rings is 2. The van der Waals surface area contributed by atoms with Gasteiger partial charge < -0.3 is 9.40 Å². The topological polar surface area (TPSA) is 101 Å². The third-order valence-corrected chi connectivity index (χ3v) is 3.88. The van der Waals surface area contributed by atoms with Gasteiger partial charge in [0.05, 0.1) is 10.4 Å². The number of nitrogens with zero attached hydrogens (tertiary/aromatic N) is 2. The van der Waals surface area contributed by atoms with Gasteiger partial charge in [-0.05, 0) is 23.8 Å². The van der Waals surface area contributed by atoms with Crippen LogP contribution in [0, 0.1) is 15.0 Å². The van der Waals surface area contributed by atoms with Gasteiger partial charge in [0.2, 0.25) is 0 Å². The molecule has 0 radical (unpaired) electrons. The Labute approximate surface area is 140 Å². The predicted octanol–water partition coefficient (Wildman–Crippen LogP) is 4.46. The fourth-order valence-electron chi connectivity index (χ4n) is 2.70. The predicted molar refractivity (Wildman–Crippen MR) is 91.1 cm³/mol. The number of aromatic nitrogens is 3. The highest BCUT2D eigenvalue weighted by Gasteiger charge is 2.20. The van der Waals surface area contributed by atoms with E-state index in [-0.39, 0.29) is 10.5 Å². The van der Waals surface area contributed by atoms with Crippen molar-refractivity contribution in [3.63, 3.8) is 0 Å². The first-order chi connectivity index (χ1) is 11.6. The van der Waals surface area contributed by atoms with Gasteiger partial charge in [0, 0.05) is 23.1 Å². The van der Waals surface area contributed by atoms with E-state index in [4.69, 9.17) is 16.6 Å². The molecule has 2 N–H and O–H groups in total. The summed E-state index contributed by atoms with van der Waals surface area (Å²) in [5.74, 6) is 0.303. The first kappa shape index (κ1) is 14.3. The molecule has 0 aliphatic rings. The van der Waals surface area contributed by atoms with Crippen molar-refractivity contribution in [1.29, 1.82) is 0 Å². The average molecular weight is 338 g/mol. The van der Waals surface area contributed by atoms with Crippen LogP contribution in [0.3, 0.4) is 0 Å². The van der Waals surface area contributed by atoms with Crippen LogP contribution in [0.2, 0.25) is 0 Å². The summed E-state index contributed by atoms with van der Waals surface area (Å²) in [6, 6.07) is 14.4. The Balaban J connectivity index is 2.06. The third-order valence-electron chi connectivity index (χ3n) is 3.71. The van der Waals surface area contributed by atoms with Crippen LogP contribution in [0.25, 0.3) is 33.6 Å². The minimum absolute atomic E-state index is 0.0119. The van der Waals surface area contributed by atoms with E-state index >= 15 is 0 Å². The van der Waals surface area contributed by atoms with E-state index < -0.39 is 4.92 Å². The molecule has 0 bridgehead atoms. The number of nitro benzene ring substituents is 1. The minimum atomic E-state index is -0.428. The normalized spacial score (nSPS) is 11.0. The number of non-ortho nitro benzene ring substituents is 1. The van der Waals surface area contributed by atoms with Crippen LogP contribution in [0.15, 0.2) is 52.9 Å². The van der Waals surface area contributed by atoms with Crippen molar-refractivity contribution >= 4 is 28.8 Å². The summed E-state index contributed by atoms with van der Waals surface area (Å²) < 4.78 is 5.42. The Morgan fingerprint density at radius 2 is 1.96 bits per heavy atom. The fourth-order valence-corrected chi connectivity index (χ4v) is 2.83. The summed E-state index contributed by atoms with van der Waals surface area (Å²) in [6.45, 7) is 0. The molecule has 4 aromatic rings. The number of nitro groups is 1. The smallest absolute Gasteiger partial charge is 0.284 e. The summed E-state index contributed by atoms with van der Waals surface area (Å²) in [7, 11) is 0. The van der Waals surface area contributed by atoms with Gasteiger partial charge in [-0.3, -0.25) is 10.1 Å². The molecule has 0 amide bonds. The maximum Gasteiger partial charge on any atom is 0.284 e. The largest absolute Gasteiger partial charge is 0.408 e. The summed E-state index contributed by atoms with van der Waals surface area (Å²) >= 11 is 4.94. The second-order valence-corrected chi connectivity index (χ2v) is 5.52. The van der Waals surface area contributed by atoms with Crippen molar-refractivity contribution in [3.05, 3.63) is 63.5 Å². The quantitative estimate of drug-likeness (QED) is 0.326. The molecule has 0 unspecified atom stereocenters. The van der Waals surface area contributed by atoms with E-state index in [0.29, 0.717) is 17.1 Å². The van der Waals surface area contributed by atoms with Gasteiger partial charge in [-0.1, -0.05) is 30.3 Å². The summed E-state index contributed by atoms with van der Waals surface area (Å²) in [5.41, 5.74) is 3.05.